The van der Waals surface area contributed by atoms with Crippen LogP contribution in [0.3, 0.4) is 0 Å². The maximum atomic E-state index is 10.2. The summed E-state index contributed by atoms with van der Waals surface area (Å²) >= 11 is 0. The summed E-state index contributed by atoms with van der Waals surface area (Å²) < 4.78 is 0. The number of carbonyl (C=O) groups is 1. The average molecular weight is 192 g/mol. The predicted molar refractivity (Wildman–Crippen MR) is 60.2 cm³/mol. The Bertz CT molecular complexity index is 269. The van der Waals surface area contributed by atoms with Gasteiger partial charge >= 0.3 is 0 Å². The lowest BCUT2D eigenvalue weighted by molar-refractivity contribution is -0.104. The largest absolute Gasteiger partial charge is 0.299 e. The van der Waals surface area contributed by atoms with Gasteiger partial charge in [-0.2, -0.15) is 0 Å². The van der Waals surface area contributed by atoms with Crippen LogP contribution in [-0.4, -0.2) is 6.29 Å². The molecule has 0 radical (unpaired) electrons. The third-order valence-electron chi connectivity index (χ3n) is 3.22. The summed E-state index contributed by atoms with van der Waals surface area (Å²) in [4.78, 5) is 10.2. The first-order valence-corrected chi connectivity index (χ1v) is 5.37. The third-order valence-corrected chi connectivity index (χ3v) is 3.22. The van der Waals surface area contributed by atoms with Gasteiger partial charge in [0, 0.05) is 0 Å². The zero-order valence-electron chi connectivity index (χ0n) is 9.47. The summed E-state index contributed by atoms with van der Waals surface area (Å²) in [5.41, 5.74) is 3.38. The van der Waals surface area contributed by atoms with Crippen molar-refractivity contribution in [1.29, 1.82) is 0 Å². The minimum absolute atomic E-state index is 0.329. The lowest BCUT2D eigenvalue weighted by atomic mass is 9.71. The maximum absolute atomic E-state index is 10.2. The molecule has 1 rings (SSSR count). The Morgan fingerprint density at radius 2 is 2.14 bits per heavy atom. The van der Waals surface area contributed by atoms with Crippen molar-refractivity contribution in [2.75, 3.05) is 0 Å². The van der Waals surface area contributed by atoms with Crippen molar-refractivity contribution < 1.29 is 4.79 Å². The van der Waals surface area contributed by atoms with E-state index >= 15 is 0 Å². The standard InChI is InChI=1S/C13H20O/c1-11-7-6-9-13(2,3)12(11)8-4-5-10-14/h4-5,10H,6-9H2,1-3H3/b5-4+. The molecule has 1 nitrogen and oxygen atoms in total. The molecule has 0 heterocycles. The molecule has 0 fully saturated rings. The Morgan fingerprint density at radius 3 is 2.71 bits per heavy atom. The van der Waals surface area contributed by atoms with Gasteiger partial charge in [0.25, 0.3) is 0 Å². The van der Waals surface area contributed by atoms with Gasteiger partial charge in [0.15, 0.2) is 0 Å². The maximum Gasteiger partial charge on any atom is 0.142 e. The molecule has 0 atom stereocenters. The van der Waals surface area contributed by atoms with Crippen LogP contribution in [0, 0.1) is 5.41 Å². The normalized spacial score (nSPS) is 21.6. The van der Waals surface area contributed by atoms with Crippen molar-refractivity contribution in [3.63, 3.8) is 0 Å². The van der Waals surface area contributed by atoms with Crippen LogP contribution < -0.4 is 0 Å². The molecule has 0 amide bonds. The number of hydrogen-bond acceptors (Lipinski definition) is 1. The molecular formula is C13H20O. The van der Waals surface area contributed by atoms with Gasteiger partial charge in [0.05, 0.1) is 0 Å². The van der Waals surface area contributed by atoms with E-state index in [1.807, 2.05) is 6.08 Å². The number of allylic oxidation sites excluding steroid dienone is 4. The summed E-state index contributed by atoms with van der Waals surface area (Å²) in [5.74, 6) is 0. The van der Waals surface area contributed by atoms with Crippen LogP contribution in [0.1, 0.15) is 46.5 Å². The first-order chi connectivity index (χ1) is 6.58. The molecule has 1 heteroatoms. The van der Waals surface area contributed by atoms with Gasteiger partial charge in [-0.15, -0.1) is 0 Å². The van der Waals surface area contributed by atoms with Gasteiger partial charge in [0.2, 0.25) is 0 Å². The Labute approximate surface area is 86.9 Å². The molecule has 0 aromatic heterocycles. The summed E-state index contributed by atoms with van der Waals surface area (Å²) in [6.07, 6.45) is 9.18. The summed E-state index contributed by atoms with van der Waals surface area (Å²) in [7, 11) is 0. The summed E-state index contributed by atoms with van der Waals surface area (Å²) in [6.45, 7) is 6.84. The number of carbonyl (C=O) groups excluding carboxylic acids is 1. The van der Waals surface area contributed by atoms with E-state index in [2.05, 4.69) is 20.8 Å². The lowest BCUT2D eigenvalue weighted by Gasteiger charge is -2.34. The minimum atomic E-state index is 0.329. The fourth-order valence-corrected chi connectivity index (χ4v) is 2.37. The number of aldehydes is 1. The Hall–Kier alpha value is -0.850. The van der Waals surface area contributed by atoms with E-state index in [1.54, 1.807) is 6.08 Å². The minimum Gasteiger partial charge on any atom is -0.299 e. The van der Waals surface area contributed by atoms with Crippen molar-refractivity contribution in [2.24, 2.45) is 5.41 Å². The van der Waals surface area contributed by atoms with E-state index < -0.39 is 0 Å². The average Bonchev–Trinajstić information content (AvgIpc) is 2.09. The van der Waals surface area contributed by atoms with Crippen LogP contribution in [0.25, 0.3) is 0 Å². The molecule has 0 aromatic carbocycles. The Balaban J connectivity index is 2.79. The highest BCUT2D eigenvalue weighted by atomic mass is 16.1. The lowest BCUT2D eigenvalue weighted by Crippen LogP contribution is -2.19. The van der Waals surface area contributed by atoms with E-state index in [0.29, 0.717) is 5.41 Å². The number of hydrogen-bond donors (Lipinski definition) is 0. The van der Waals surface area contributed by atoms with Gasteiger partial charge in [-0.3, -0.25) is 4.79 Å². The molecule has 0 unspecified atom stereocenters. The topological polar surface area (TPSA) is 17.1 Å². The first-order valence-electron chi connectivity index (χ1n) is 5.37. The number of rotatable bonds is 3. The molecular weight excluding hydrogens is 172 g/mol. The van der Waals surface area contributed by atoms with Crippen LogP contribution in [0.2, 0.25) is 0 Å². The summed E-state index contributed by atoms with van der Waals surface area (Å²) in [5, 5.41) is 0. The quantitative estimate of drug-likeness (QED) is 0.379. The molecule has 0 bridgehead atoms. The fraction of sp³-hybridized carbons (Fsp3) is 0.615. The van der Waals surface area contributed by atoms with Crippen LogP contribution in [0.4, 0.5) is 0 Å². The van der Waals surface area contributed by atoms with Gasteiger partial charge in [-0.05, 0) is 44.1 Å². The highest BCUT2D eigenvalue weighted by Gasteiger charge is 2.26. The predicted octanol–water partition coefficient (Wildman–Crippen LogP) is 3.66. The van der Waals surface area contributed by atoms with Crippen LogP contribution in [-0.2, 0) is 4.79 Å². The molecule has 1 aliphatic rings. The third kappa shape index (κ3) is 2.57. The molecule has 0 saturated carbocycles. The van der Waals surface area contributed by atoms with Crippen LogP contribution in [0.15, 0.2) is 23.3 Å². The zero-order valence-corrected chi connectivity index (χ0v) is 9.47. The van der Waals surface area contributed by atoms with Crippen molar-refractivity contribution >= 4 is 6.29 Å². The van der Waals surface area contributed by atoms with Gasteiger partial charge in [-0.25, -0.2) is 0 Å². The van der Waals surface area contributed by atoms with Crippen molar-refractivity contribution in [3.05, 3.63) is 23.3 Å². The first kappa shape index (κ1) is 11.2. The van der Waals surface area contributed by atoms with E-state index in [1.165, 1.54) is 30.4 Å². The molecule has 0 N–H and O–H groups in total. The second-order valence-corrected chi connectivity index (χ2v) is 4.76. The molecule has 0 spiro atoms. The van der Waals surface area contributed by atoms with Crippen molar-refractivity contribution in [1.82, 2.24) is 0 Å². The second-order valence-electron chi connectivity index (χ2n) is 4.76. The molecule has 14 heavy (non-hydrogen) atoms. The van der Waals surface area contributed by atoms with Gasteiger partial charge < -0.3 is 0 Å². The van der Waals surface area contributed by atoms with E-state index in [9.17, 15) is 4.79 Å². The Kier molecular flexibility index (Phi) is 3.68. The fourth-order valence-electron chi connectivity index (χ4n) is 2.37. The van der Waals surface area contributed by atoms with Gasteiger partial charge in [0.1, 0.15) is 6.29 Å². The molecule has 0 saturated heterocycles. The molecule has 0 aromatic rings. The van der Waals surface area contributed by atoms with E-state index in [4.69, 9.17) is 0 Å². The smallest absolute Gasteiger partial charge is 0.142 e. The van der Waals surface area contributed by atoms with Crippen molar-refractivity contribution in [2.45, 2.75) is 46.5 Å². The highest BCUT2D eigenvalue weighted by Crippen LogP contribution is 2.41. The van der Waals surface area contributed by atoms with Gasteiger partial charge in [-0.1, -0.05) is 31.1 Å². The van der Waals surface area contributed by atoms with E-state index in [0.717, 1.165) is 12.7 Å². The molecule has 1 aliphatic carbocycles. The van der Waals surface area contributed by atoms with Crippen LogP contribution >= 0.6 is 0 Å². The second kappa shape index (κ2) is 4.59. The zero-order chi connectivity index (χ0) is 10.6. The molecule has 78 valence electrons. The van der Waals surface area contributed by atoms with E-state index in [-0.39, 0.29) is 0 Å². The SMILES string of the molecule is CC1=C(C/C=C/C=O)C(C)(C)CCC1. The Morgan fingerprint density at radius 1 is 1.43 bits per heavy atom. The highest BCUT2D eigenvalue weighted by molar-refractivity contribution is 5.64. The van der Waals surface area contributed by atoms with Crippen molar-refractivity contribution in [3.8, 4) is 0 Å². The molecule has 0 aliphatic heterocycles. The summed E-state index contributed by atoms with van der Waals surface area (Å²) in [6, 6.07) is 0. The monoisotopic (exact) mass is 192 g/mol. The van der Waals surface area contributed by atoms with Crippen LogP contribution in [0.5, 0.6) is 0 Å².